The van der Waals surface area contributed by atoms with Crippen molar-refractivity contribution in [1.29, 1.82) is 0 Å². The summed E-state index contributed by atoms with van der Waals surface area (Å²) in [5.41, 5.74) is 2.06. The van der Waals surface area contributed by atoms with Gasteiger partial charge >= 0.3 is 0 Å². The van der Waals surface area contributed by atoms with Crippen LogP contribution in [0.5, 0.6) is 0 Å². The van der Waals surface area contributed by atoms with E-state index in [2.05, 4.69) is 5.32 Å². The Labute approximate surface area is 156 Å². The molecule has 3 aromatic rings. The zero-order valence-electron chi connectivity index (χ0n) is 13.9. The summed E-state index contributed by atoms with van der Waals surface area (Å²) in [5, 5.41) is 2.84. The largest absolute Gasteiger partial charge is 0.439 e. The molecule has 1 amide bonds. The number of carbonyl (C=O) groups excluding carboxylic acids is 1. The smallest absolute Gasteiger partial charge is 0.287 e. The average Bonchev–Trinajstić information content (AvgIpc) is 3.12. The van der Waals surface area contributed by atoms with Crippen LogP contribution in [0.3, 0.4) is 0 Å². The van der Waals surface area contributed by atoms with Gasteiger partial charge in [-0.1, -0.05) is 41.4 Å². The Morgan fingerprint density at radius 2 is 1.65 bits per heavy atom. The summed E-state index contributed by atoms with van der Waals surface area (Å²) in [7, 11) is -3.85. The van der Waals surface area contributed by atoms with Crippen molar-refractivity contribution in [3.8, 4) is 0 Å². The van der Waals surface area contributed by atoms with Crippen LogP contribution in [0.2, 0.25) is 5.02 Å². The lowest BCUT2D eigenvalue weighted by molar-refractivity contribution is 0.0918. The van der Waals surface area contributed by atoms with Crippen molar-refractivity contribution in [2.45, 2.75) is 23.5 Å². The van der Waals surface area contributed by atoms with Gasteiger partial charge in [-0.2, -0.15) is 0 Å². The highest BCUT2D eigenvalue weighted by atomic mass is 35.5. The Bertz CT molecular complexity index is 1020. The first-order valence-electron chi connectivity index (χ1n) is 7.80. The maximum Gasteiger partial charge on any atom is 0.287 e. The van der Waals surface area contributed by atoms with Crippen LogP contribution in [0.15, 0.2) is 75.1 Å². The molecule has 5 nitrogen and oxygen atoms in total. The van der Waals surface area contributed by atoms with Crippen molar-refractivity contribution in [3.05, 3.63) is 82.6 Å². The minimum Gasteiger partial charge on any atom is -0.439 e. The zero-order valence-corrected chi connectivity index (χ0v) is 15.5. The Kier molecular flexibility index (Phi) is 5.15. The fourth-order valence-electron chi connectivity index (χ4n) is 2.29. The Morgan fingerprint density at radius 1 is 1.00 bits per heavy atom. The average molecular weight is 390 g/mol. The highest BCUT2D eigenvalue weighted by molar-refractivity contribution is 7.91. The normalized spacial score (nSPS) is 11.3. The third kappa shape index (κ3) is 3.98. The SMILES string of the molecule is Cc1ccc(CNC(=O)c2ccc(S(=O)(=O)c3ccc(Cl)cc3)o2)cc1. The third-order valence-corrected chi connectivity index (χ3v) is 5.66. The molecule has 0 atom stereocenters. The summed E-state index contributed by atoms with van der Waals surface area (Å²) in [6.07, 6.45) is 0. The van der Waals surface area contributed by atoms with E-state index in [4.69, 9.17) is 16.0 Å². The monoisotopic (exact) mass is 389 g/mol. The van der Waals surface area contributed by atoms with E-state index in [9.17, 15) is 13.2 Å². The number of halogens is 1. The zero-order chi connectivity index (χ0) is 18.7. The highest BCUT2D eigenvalue weighted by Gasteiger charge is 2.23. The number of nitrogens with one attached hydrogen (secondary N) is 1. The van der Waals surface area contributed by atoms with E-state index >= 15 is 0 Å². The van der Waals surface area contributed by atoms with Crippen molar-refractivity contribution in [2.75, 3.05) is 0 Å². The predicted molar refractivity (Wildman–Crippen MR) is 98.0 cm³/mol. The van der Waals surface area contributed by atoms with Gasteiger partial charge in [-0.05, 0) is 48.9 Å². The van der Waals surface area contributed by atoms with Crippen molar-refractivity contribution in [2.24, 2.45) is 0 Å². The van der Waals surface area contributed by atoms with Crippen molar-refractivity contribution in [1.82, 2.24) is 5.32 Å². The molecule has 0 spiro atoms. The number of hydrogen-bond donors (Lipinski definition) is 1. The molecule has 2 aromatic carbocycles. The lowest BCUT2D eigenvalue weighted by atomic mass is 10.1. The van der Waals surface area contributed by atoms with E-state index in [1.54, 1.807) is 0 Å². The van der Waals surface area contributed by atoms with Gasteiger partial charge in [-0.15, -0.1) is 0 Å². The molecule has 1 heterocycles. The molecule has 7 heteroatoms. The number of benzene rings is 2. The Balaban J connectivity index is 1.73. The molecule has 0 aliphatic heterocycles. The van der Waals surface area contributed by atoms with Crippen LogP contribution in [0.25, 0.3) is 0 Å². The fourth-order valence-corrected chi connectivity index (χ4v) is 3.59. The summed E-state index contributed by atoms with van der Waals surface area (Å²) in [5.74, 6) is -0.548. The van der Waals surface area contributed by atoms with Crippen LogP contribution in [-0.4, -0.2) is 14.3 Å². The lowest BCUT2D eigenvalue weighted by Gasteiger charge is -2.04. The second-order valence-electron chi connectivity index (χ2n) is 5.74. The molecule has 0 aliphatic carbocycles. The van der Waals surface area contributed by atoms with E-state index in [1.165, 1.54) is 36.4 Å². The van der Waals surface area contributed by atoms with Crippen LogP contribution < -0.4 is 5.32 Å². The van der Waals surface area contributed by atoms with Gasteiger partial charge in [0, 0.05) is 11.6 Å². The number of carbonyl (C=O) groups is 1. The highest BCUT2D eigenvalue weighted by Crippen LogP contribution is 2.24. The second-order valence-corrected chi connectivity index (χ2v) is 8.06. The molecule has 1 aromatic heterocycles. The standard InChI is InChI=1S/C19H16ClNO4S/c1-13-2-4-14(5-3-13)12-21-19(22)17-10-11-18(25-17)26(23,24)16-8-6-15(20)7-9-16/h2-11H,12H2,1H3,(H,21,22). The van der Waals surface area contributed by atoms with Crippen LogP contribution in [0.4, 0.5) is 0 Å². The first kappa shape index (κ1) is 18.2. The third-order valence-electron chi connectivity index (χ3n) is 3.77. The summed E-state index contributed by atoms with van der Waals surface area (Å²) >= 11 is 5.78. The van der Waals surface area contributed by atoms with Crippen LogP contribution in [0.1, 0.15) is 21.7 Å². The first-order chi connectivity index (χ1) is 12.4. The minimum atomic E-state index is -3.85. The van der Waals surface area contributed by atoms with Gasteiger partial charge in [-0.3, -0.25) is 4.79 Å². The van der Waals surface area contributed by atoms with Crippen LogP contribution in [-0.2, 0) is 16.4 Å². The number of aryl methyl sites for hydroxylation is 1. The number of hydrogen-bond acceptors (Lipinski definition) is 4. The summed E-state index contributed by atoms with van der Waals surface area (Å²) < 4.78 is 30.3. The van der Waals surface area contributed by atoms with Crippen LogP contribution >= 0.6 is 11.6 Å². The minimum absolute atomic E-state index is 0.0443. The van der Waals surface area contributed by atoms with Gasteiger partial charge < -0.3 is 9.73 Å². The molecule has 0 fully saturated rings. The summed E-state index contributed by atoms with van der Waals surface area (Å²) in [6.45, 7) is 2.30. The Morgan fingerprint density at radius 3 is 2.31 bits per heavy atom. The van der Waals surface area contributed by atoms with Crippen molar-refractivity contribution in [3.63, 3.8) is 0 Å². The second kappa shape index (κ2) is 7.35. The quantitative estimate of drug-likeness (QED) is 0.715. The number of rotatable bonds is 5. The van der Waals surface area contributed by atoms with Crippen LogP contribution in [0, 0.1) is 6.92 Å². The van der Waals surface area contributed by atoms with Gasteiger partial charge in [-0.25, -0.2) is 8.42 Å². The van der Waals surface area contributed by atoms with Crippen molar-refractivity contribution >= 4 is 27.3 Å². The topological polar surface area (TPSA) is 76.4 Å². The van der Waals surface area contributed by atoms with Gasteiger partial charge in [0.2, 0.25) is 14.9 Å². The van der Waals surface area contributed by atoms with Gasteiger partial charge in [0.25, 0.3) is 5.91 Å². The summed E-state index contributed by atoms with van der Waals surface area (Å²) in [6, 6.07) is 16.1. The first-order valence-corrected chi connectivity index (χ1v) is 9.66. The van der Waals surface area contributed by atoms with Gasteiger partial charge in [0.1, 0.15) is 0 Å². The molecule has 0 saturated heterocycles. The van der Waals surface area contributed by atoms with Crippen molar-refractivity contribution < 1.29 is 17.6 Å². The van der Waals surface area contributed by atoms with Gasteiger partial charge in [0.15, 0.2) is 5.76 Å². The number of sulfone groups is 1. The predicted octanol–water partition coefficient (Wildman–Crippen LogP) is 4.00. The molecule has 0 unspecified atom stereocenters. The molecule has 26 heavy (non-hydrogen) atoms. The molecular formula is C19H16ClNO4S. The molecular weight excluding hydrogens is 374 g/mol. The summed E-state index contributed by atoms with van der Waals surface area (Å²) in [4.78, 5) is 12.2. The molecule has 134 valence electrons. The van der Waals surface area contributed by atoms with E-state index in [0.717, 1.165) is 11.1 Å². The molecule has 0 aliphatic rings. The molecule has 0 bridgehead atoms. The molecule has 3 rings (SSSR count). The number of furan rings is 1. The van der Waals surface area contributed by atoms with E-state index in [1.807, 2.05) is 31.2 Å². The fraction of sp³-hybridized carbons (Fsp3) is 0.105. The van der Waals surface area contributed by atoms with E-state index in [0.29, 0.717) is 11.6 Å². The molecule has 1 N–H and O–H groups in total. The molecule has 0 radical (unpaired) electrons. The number of amides is 1. The maximum atomic E-state index is 12.5. The maximum absolute atomic E-state index is 12.5. The Hall–Kier alpha value is -2.57. The van der Waals surface area contributed by atoms with Gasteiger partial charge in [0.05, 0.1) is 4.90 Å². The molecule has 0 saturated carbocycles. The van der Waals surface area contributed by atoms with E-state index in [-0.39, 0.29) is 15.7 Å². The lowest BCUT2D eigenvalue weighted by Crippen LogP contribution is -2.22. The van der Waals surface area contributed by atoms with E-state index < -0.39 is 15.7 Å².